The second kappa shape index (κ2) is 14.5. The van der Waals surface area contributed by atoms with E-state index in [0.717, 1.165) is 29.7 Å². The SMILES string of the molecule is CCCCCc1ccc(C(=O)N(CCCC)CC(=O)N(Cc2ccccc2)Cc2cccs2)cc1. The average molecular weight is 491 g/mol. The zero-order chi connectivity index (χ0) is 24.9. The first-order valence-corrected chi connectivity index (χ1v) is 13.7. The first kappa shape index (κ1) is 26.7. The van der Waals surface area contributed by atoms with E-state index in [0.29, 0.717) is 25.2 Å². The molecule has 0 N–H and O–H groups in total. The Morgan fingerprint density at radius 2 is 1.49 bits per heavy atom. The van der Waals surface area contributed by atoms with E-state index in [-0.39, 0.29) is 18.4 Å². The maximum atomic E-state index is 13.5. The Balaban J connectivity index is 1.72. The molecular weight excluding hydrogens is 452 g/mol. The van der Waals surface area contributed by atoms with Crippen LogP contribution in [0.1, 0.15) is 72.3 Å². The lowest BCUT2D eigenvalue weighted by molar-refractivity contribution is -0.133. The summed E-state index contributed by atoms with van der Waals surface area (Å²) in [6.45, 7) is 6.06. The van der Waals surface area contributed by atoms with E-state index in [1.807, 2.05) is 58.8 Å². The van der Waals surface area contributed by atoms with E-state index < -0.39 is 0 Å². The van der Waals surface area contributed by atoms with Crippen LogP contribution in [0.5, 0.6) is 0 Å². The molecule has 0 bridgehead atoms. The Hall–Kier alpha value is -2.92. The summed E-state index contributed by atoms with van der Waals surface area (Å²) in [4.78, 5) is 31.7. The van der Waals surface area contributed by atoms with Crippen molar-refractivity contribution < 1.29 is 9.59 Å². The first-order chi connectivity index (χ1) is 17.1. The Bertz CT molecular complexity index is 1020. The minimum absolute atomic E-state index is 0.0251. The third-order valence-corrected chi connectivity index (χ3v) is 7.02. The fourth-order valence-electron chi connectivity index (χ4n) is 4.07. The summed E-state index contributed by atoms with van der Waals surface area (Å²) in [5.41, 5.74) is 3.00. The Morgan fingerprint density at radius 3 is 2.14 bits per heavy atom. The van der Waals surface area contributed by atoms with Crippen molar-refractivity contribution in [3.8, 4) is 0 Å². The highest BCUT2D eigenvalue weighted by molar-refractivity contribution is 7.09. The molecule has 0 aliphatic rings. The third-order valence-electron chi connectivity index (χ3n) is 6.16. The van der Waals surface area contributed by atoms with E-state index >= 15 is 0 Å². The van der Waals surface area contributed by atoms with Gasteiger partial charge < -0.3 is 9.80 Å². The molecule has 0 unspecified atom stereocenters. The number of thiophene rings is 1. The van der Waals surface area contributed by atoms with Crippen molar-refractivity contribution in [1.82, 2.24) is 9.80 Å². The summed E-state index contributed by atoms with van der Waals surface area (Å²) >= 11 is 1.65. The lowest BCUT2D eigenvalue weighted by atomic mass is 10.0. The number of aryl methyl sites for hydroxylation is 1. The molecule has 3 rings (SSSR count). The van der Waals surface area contributed by atoms with Gasteiger partial charge in [0.25, 0.3) is 5.91 Å². The smallest absolute Gasteiger partial charge is 0.254 e. The number of carbonyl (C=O) groups excluding carboxylic acids is 2. The predicted octanol–water partition coefficient (Wildman–Crippen LogP) is 6.95. The van der Waals surface area contributed by atoms with Gasteiger partial charge in [0.05, 0.1) is 6.54 Å². The van der Waals surface area contributed by atoms with Gasteiger partial charge in [-0.25, -0.2) is 0 Å². The van der Waals surface area contributed by atoms with Gasteiger partial charge >= 0.3 is 0 Å². The fraction of sp³-hybridized carbons (Fsp3) is 0.400. The summed E-state index contributed by atoms with van der Waals surface area (Å²) in [5.74, 6) is -0.0921. The van der Waals surface area contributed by atoms with Crippen LogP contribution in [-0.4, -0.2) is 34.7 Å². The van der Waals surface area contributed by atoms with Gasteiger partial charge in [0, 0.05) is 23.5 Å². The van der Waals surface area contributed by atoms with Crippen LogP contribution in [-0.2, 0) is 24.3 Å². The van der Waals surface area contributed by atoms with Gasteiger partial charge in [-0.1, -0.05) is 81.6 Å². The topological polar surface area (TPSA) is 40.6 Å². The van der Waals surface area contributed by atoms with Crippen LogP contribution >= 0.6 is 11.3 Å². The molecule has 5 heteroatoms. The van der Waals surface area contributed by atoms with Gasteiger partial charge in [-0.15, -0.1) is 11.3 Å². The molecule has 4 nitrogen and oxygen atoms in total. The summed E-state index contributed by atoms with van der Waals surface area (Å²) < 4.78 is 0. The lowest BCUT2D eigenvalue weighted by Crippen LogP contribution is -2.42. The molecule has 2 aromatic carbocycles. The van der Waals surface area contributed by atoms with Crippen molar-refractivity contribution in [2.75, 3.05) is 13.1 Å². The highest BCUT2D eigenvalue weighted by Crippen LogP contribution is 2.17. The number of nitrogens with zero attached hydrogens (tertiary/aromatic N) is 2. The van der Waals surface area contributed by atoms with Crippen LogP contribution in [0.4, 0.5) is 0 Å². The number of hydrogen-bond acceptors (Lipinski definition) is 3. The van der Waals surface area contributed by atoms with Gasteiger partial charge in [-0.2, -0.15) is 0 Å². The number of hydrogen-bond donors (Lipinski definition) is 0. The summed E-state index contributed by atoms with van der Waals surface area (Å²) in [5, 5.41) is 2.03. The highest BCUT2D eigenvalue weighted by Gasteiger charge is 2.23. The Labute approximate surface area is 214 Å². The van der Waals surface area contributed by atoms with E-state index in [1.165, 1.54) is 24.8 Å². The van der Waals surface area contributed by atoms with E-state index in [4.69, 9.17) is 0 Å². The van der Waals surface area contributed by atoms with Crippen LogP contribution in [0.15, 0.2) is 72.1 Å². The molecule has 0 radical (unpaired) electrons. The second-order valence-corrected chi connectivity index (χ2v) is 10.1. The van der Waals surface area contributed by atoms with E-state index in [2.05, 4.69) is 32.0 Å². The molecule has 0 saturated heterocycles. The number of rotatable bonds is 14. The van der Waals surface area contributed by atoms with Gasteiger partial charge in [0.1, 0.15) is 6.54 Å². The zero-order valence-corrected chi connectivity index (χ0v) is 21.9. The maximum absolute atomic E-state index is 13.5. The molecule has 1 aromatic heterocycles. The molecule has 0 spiro atoms. The molecular formula is C30H38N2O2S. The standard InChI is InChI=1S/C30H38N2O2S/c1-3-5-8-12-25-16-18-27(19-17-25)30(34)31(20-6-4-2)24-29(33)32(23-28-15-11-21-35-28)22-26-13-9-7-10-14-26/h7,9-11,13-19,21H,3-6,8,12,20,22-24H2,1-2H3. The van der Waals surface area contributed by atoms with Gasteiger partial charge in [-0.05, 0) is 54.0 Å². The zero-order valence-electron chi connectivity index (χ0n) is 21.1. The minimum atomic E-state index is -0.0670. The molecule has 3 aromatic rings. The van der Waals surface area contributed by atoms with E-state index in [9.17, 15) is 9.59 Å². The molecule has 0 atom stereocenters. The molecule has 186 valence electrons. The highest BCUT2D eigenvalue weighted by atomic mass is 32.1. The summed E-state index contributed by atoms with van der Waals surface area (Å²) in [6.07, 6.45) is 6.47. The fourth-order valence-corrected chi connectivity index (χ4v) is 4.79. The van der Waals surface area contributed by atoms with Gasteiger partial charge in [0.15, 0.2) is 0 Å². The Kier molecular flexibility index (Phi) is 11.0. The maximum Gasteiger partial charge on any atom is 0.254 e. The van der Waals surface area contributed by atoms with Gasteiger partial charge in [-0.3, -0.25) is 9.59 Å². The number of unbranched alkanes of at least 4 members (excludes halogenated alkanes) is 3. The Morgan fingerprint density at radius 1 is 0.743 bits per heavy atom. The molecule has 0 aliphatic carbocycles. The predicted molar refractivity (Wildman–Crippen MR) is 145 cm³/mol. The van der Waals surface area contributed by atoms with Crippen LogP contribution in [0, 0.1) is 0 Å². The minimum Gasteiger partial charge on any atom is -0.332 e. The van der Waals surface area contributed by atoms with Crippen molar-refractivity contribution >= 4 is 23.2 Å². The number of amides is 2. The monoisotopic (exact) mass is 490 g/mol. The van der Waals surface area contributed by atoms with Crippen molar-refractivity contribution in [2.24, 2.45) is 0 Å². The second-order valence-electron chi connectivity index (χ2n) is 9.05. The van der Waals surface area contributed by atoms with Crippen LogP contribution < -0.4 is 0 Å². The van der Waals surface area contributed by atoms with Crippen LogP contribution in [0.2, 0.25) is 0 Å². The normalized spacial score (nSPS) is 10.8. The largest absolute Gasteiger partial charge is 0.332 e. The number of benzene rings is 2. The lowest BCUT2D eigenvalue weighted by Gasteiger charge is -2.28. The van der Waals surface area contributed by atoms with Crippen molar-refractivity contribution in [3.63, 3.8) is 0 Å². The van der Waals surface area contributed by atoms with Crippen LogP contribution in [0.3, 0.4) is 0 Å². The molecule has 0 saturated carbocycles. The molecule has 1 heterocycles. The van der Waals surface area contributed by atoms with E-state index in [1.54, 1.807) is 16.2 Å². The molecule has 0 aliphatic heterocycles. The van der Waals surface area contributed by atoms with Crippen LogP contribution in [0.25, 0.3) is 0 Å². The van der Waals surface area contributed by atoms with Crippen molar-refractivity contribution in [3.05, 3.63) is 93.7 Å². The van der Waals surface area contributed by atoms with Gasteiger partial charge in [0.2, 0.25) is 5.91 Å². The first-order valence-electron chi connectivity index (χ1n) is 12.8. The van der Waals surface area contributed by atoms with Crippen molar-refractivity contribution in [1.29, 1.82) is 0 Å². The molecule has 0 fully saturated rings. The average Bonchev–Trinajstić information content (AvgIpc) is 3.40. The quantitative estimate of drug-likeness (QED) is 0.229. The molecule has 35 heavy (non-hydrogen) atoms. The van der Waals surface area contributed by atoms with Crippen molar-refractivity contribution in [2.45, 2.75) is 65.5 Å². The summed E-state index contributed by atoms with van der Waals surface area (Å²) in [6, 6.07) is 22.1. The number of carbonyl (C=O) groups is 2. The third kappa shape index (κ3) is 8.66. The molecule has 2 amide bonds. The summed E-state index contributed by atoms with van der Waals surface area (Å²) in [7, 11) is 0.